The van der Waals surface area contributed by atoms with Gasteiger partial charge in [0.25, 0.3) is 0 Å². The summed E-state index contributed by atoms with van der Waals surface area (Å²) < 4.78 is 16.6. The van der Waals surface area contributed by atoms with E-state index < -0.39 is 49.5 Å². The maximum Gasteiger partial charge on any atom is 0.305 e. The molecule has 0 radical (unpaired) electrons. The first-order valence-corrected chi connectivity index (χ1v) is 28.9. The lowest BCUT2D eigenvalue weighted by molar-refractivity contribution is -0.302. The van der Waals surface area contributed by atoms with Gasteiger partial charge >= 0.3 is 5.97 Å². The maximum absolute atomic E-state index is 13.0. The van der Waals surface area contributed by atoms with Crippen LogP contribution in [-0.4, -0.2) is 100 Å². The monoisotopic (exact) mass is 990 g/mol. The summed E-state index contributed by atoms with van der Waals surface area (Å²) in [6.45, 7) is 4.22. The second kappa shape index (κ2) is 48.9. The summed E-state index contributed by atoms with van der Waals surface area (Å²) in [5.41, 5.74) is 0. The lowest BCUT2D eigenvalue weighted by Gasteiger charge is -2.40. The number of amides is 1. The van der Waals surface area contributed by atoms with E-state index in [4.69, 9.17) is 14.2 Å². The average Bonchev–Trinajstić information content (AvgIpc) is 3.36. The molecular weight excluding hydrogens is 883 g/mol. The molecule has 1 heterocycles. The first-order valence-electron chi connectivity index (χ1n) is 28.9. The Balaban J connectivity index is 2.09. The zero-order valence-electron chi connectivity index (χ0n) is 44.7. The fourth-order valence-corrected chi connectivity index (χ4v) is 8.76. The normalized spacial score (nSPS) is 19.6. The highest BCUT2D eigenvalue weighted by molar-refractivity contribution is 5.76. The molecule has 0 saturated carbocycles. The topological polar surface area (TPSA) is 175 Å². The van der Waals surface area contributed by atoms with Crippen LogP contribution in [0.1, 0.15) is 251 Å². The minimum atomic E-state index is -1.58. The largest absolute Gasteiger partial charge is 0.466 e. The zero-order chi connectivity index (χ0) is 51.0. The van der Waals surface area contributed by atoms with Crippen LogP contribution in [0.15, 0.2) is 48.6 Å². The second-order valence-electron chi connectivity index (χ2n) is 20.0. The van der Waals surface area contributed by atoms with Gasteiger partial charge in [-0.05, 0) is 77.0 Å². The Kier molecular flexibility index (Phi) is 45.8. The smallest absolute Gasteiger partial charge is 0.305 e. The van der Waals surface area contributed by atoms with Crippen LogP contribution in [0.2, 0.25) is 0 Å². The summed E-state index contributed by atoms with van der Waals surface area (Å²) in [6.07, 6.45) is 50.7. The van der Waals surface area contributed by atoms with Gasteiger partial charge in [0.15, 0.2) is 6.29 Å². The van der Waals surface area contributed by atoms with Crippen molar-refractivity contribution in [3.8, 4) is 0 Å². The lowest BCUT2D eigenvalue weighted by atomic mass is 9.99. The molecule has 6 N–H and O–H groups in total. The van der Waals surface area contributed by atoms with Gasteiger partial charge in [-0.1, -0.05) is 210 Å². The zero-order valence-corrected chi connectivity index (χ0v) is 44.7. The van der Waals surface area contributed by atoms with E-state index in [9.17, 15) is 35.1 Å². The molecule has 0 spiro atoms. The highest BCUT2D eigenvalue weighted by atomic mass is 16.7. The van der Waals surface area contributed by atoms with E-state index >= 15 is 0 Å². The minimum Gasteiger partial charge on any atom is -0.466 e. The number of hydrogen-bond donors (Lipinski definition) is 6. The van der Waals surface area contributed by atoms with E-state index in [1.54, 1.807) is 6.08 Å². The van der Waals surface area contributed by atoms with Crippen molar-refractivity contribution in [1.29, 1.82) is 0 Å². The standard InChI is InChI=1S/C59H107NO10/c1-3-5-7-9-11-13-25-29-33-37-41-45-52(62)51(50-69-59-58(67)57(66)56(65)53(49-61)70-59)60-54(63)46-42-38-34-30-27-23-21-19-17-15-16-18-20-22-24-28-32-36-40-44-48-68-55(64)47-43-39-35-31-26-14-12-10-8-6-4-2/h7,9,15,17,25,29,41,45,51-53,56-59,61-62,65-67H,3-6,8,10-14,16,18-24,26-28,30-40,42-44,46-50H2,1-2H3,(H,60,63)/b9-7+,17-15-,29-25+,45-41+. The number of ether oxygens (including phenoxy) is 3. The Labute approximate surface area is 427 Å². The van der Waals surface area contributed by atoms with Gasteiger partial charge in [-0.2, -0.15) is 0 Å². The Morgan fingerprint density at radius 1 is 0.514 bits per heavy atom. The third kappa shape index (κ3) is 38.3. The molecular formula is C59H107NO10. The molecule has 1 saturated heterocycles. The quantitative estimate of drug-likeness (QED) is 0.0196. The summed E-state index contributed by atoms with van der Waals surface area (Å²) in [6, 6.07) is -0.840. The van der Waals surface area contributed by atoms with Crippen molar-refractivity contribution >= 4 is 11.9 Å². The van der Waals surface area contributed by atoms with E-state index in [1.807, 2.05) is 6.08 Å². The third-order valence-corrected chi connectivity index (χ3v) is 13.4. The van der Waals surface area contributed by atoms with Crippen LogP contribution in [0, 0.1) is 0 Å². The Hall–Kier alpha value is -2.38. The van der Waals surface area contributed by atoms with E-state index in [0.29, 0.717) is 19.4 Å². The number of carbonyl (C=O) groups is 2. The van der Waals surface area contributed by atoms with Gasteiger partial charge < -0.3 is 45.1 Å². The summed E-state index contributed by atoms with van der Waals surface area (Å²) >= 11 is 0. The molecule has 7 unspecified atom stereocenters. The van der Waals surface area contributed by atoms with E-state index in [-0.39, 0.29) is 18.5 Å². The molecule has 11 nitrogen and oxygen atoms in total. The summed E-state index contributed by atoms with van der Waals surface area (Å²) in [7, 11) is 0. The first-order chi connectivity index (χ1) is 34.2. The number of carbonyl (C=O) groups excluding carboxylic acids is 2. The maximum atomic E-state index is 13.0. The number of rotatable bonds is 49. The van der Waals surface area contributed by atoms with Crippen LogP contribution in [-0.2, 0) is 23.8 Å². The number of hydrogen-bond acceptors (Lipinski definition) is 10. The fraction of sp³-hybridized carbons (Fsp3) is 0.831. The summed E-state index contributed by atoms with van der Waals surface area (Å²) in [5, 5.41) is 54.2. The summed E-state index contributed by atoms with van der Waals surface area (Å²) in [4.78, 5) is 25.0. The highest BCUT2D eigenvalue weighted by Gasteiger charge is 2.44. The predicted octanol–water partition coefficient (Wildman–Crippen LogP) is 12.9. The van der Waals surface area contributed by atoms with Crippen molar-refractivity contribution in [3.63, 3.8) is 0 Å². The van der Waals surface area contributed by atoms with Gasteiger partial charge in [-0.15, -0.1) is 0 Å². The molecule has 1 aliphatic rings. The molecule has 0 aromatic rings. The molecule has 70 heavy (non-hydrogen) atoms. The molecule has 0 aliphatic carbocycles. The van der Waals surface area contributed by atoms with Crippen LogP contribution in [0.25, 0.3) is 0 Å². The number of nitrogens with one attached hydrogen (secondary N) is 1. The van der Waals surface area contributed by atoms with E-state index in [2.05, 4.69) is 55.6 Å². The lowest BCUT2D eigenvalue weighted by Crippen LogP contribution is -2.60. The van der Waals surface area contributed by atoms with Gasteiger partial charge in [0, 0.05) is 12.8 Å². The van der Waals surface area contributed by atoms with Gasteiger partial charge in [-0.3, -0.25) is 9.59 Å². The molecule has 0 bridgehead atoms. The number of aliphatic hydroxyl groups is 5. The number of aliphatic hydroxyl groups excluding tert-OH is 5. The molecule has 11 heteroatoms. The molecule has 1 aliphatic heterocycles. The van der Waals surface area contributed by atoms with E-state index in [0.717, 1.165) is 96.3 Å². The number of unbranched alkanes of at least 4 members (excludes halogenated alkanes) is 29. The highest BCUT2D eigenvalue weighted by Crippen LogP contribution is 2.23. The Morgan fingerprint density at radius 2 is 0.957 bits per heavy atom. The van der Waals surface area contributed by atoms with Crippen molar-refractivity contribution in [3.05, 3.63) is 48.6 Å². The average molecular weight is 991 g/mol. The van der Waals surface area contributed by atoms with Gasteiger partial charge in [-0.25, -0.2) is 0 Å². The predicted molar refractivity (Wildman–Crippen MR) is 287 cm³/mol. The van der Waals surface area contributed by atoms with Crippen LogP contribution in [0.3, 0.4) is 0 Å². The minimum absolute atomic E-state index is 0.00967. The summed E-state index contributed by atoms with van der Waals surface area (Å²) in [5.74, 6) is -0.217. The number of allylic oxidation sites excluding steroid dienone is 7. The van der Waals surface area contributed by atoms with Crippen LogP contribution >= 0.6 is 0 Å². The van der Waals surface area contributed by atoms with Gasteiger partial charge in [0.1, 0.15) is 24.4 Å². The first kappa shape index (κ1) is 65.6. The van der Waals surface area contributed by atoms with Gasteiger partial charge in [0.2, 0.25) is 5.91 Å². The van der Waals surface area contributed by atoms with Crippen LogP contribution in [0.4, 0.5) is 0 Å². The molecule has 408 valence electrons. The molecule has 1 amide bonds. The fourth-order valence-electron chi connectivity index (χ4n) is 8.76. The van der Waals surface area contributed by atoms with Crippen LogP contribution < -0.4 is 5.32 Å². The Bertz CT molecular complexity index is 1300. The molecule has 0 aromatic heterocycles. The second-order valence-corrected chi connectivity index (χ2v) is 20.0. The number of esters is 1. The van der Waals surface area contributed by atoms with Crippen molar-refractivity contribution in [2.45, 2.75) is 294 Å². The molecule has 1 fully saturated rings. The van der Waals surface area contributed by atoms with E-state index in [1.165, 1.54) is 128 Å². The van der Waals surface area contributed by atoms with Gasteiger partial charge in [0.05, 0.1) is 32.0 Å². The SMILES string of the molecule is CCC/C=C/CC/C=C/CC/C=C/C(O)C(COC1OC(CO)C(O)C(O)C1O)NC(=O)CCCCCCCCC/C=C\CCCCCCCCCCCOC(=O)CCCCCCCCCCCCC. The van der Waals surface area contributed by atoms with Crippen molar-refractivity contribution in [1.82, 2.24) is 5.32 Å². The van der Waals surface area contributed by atoms with Crippen molar-refractivity contribution < 1.29 is 49.3 Å². The third-order valence-electron chi connectivity index (χ3n) is 13.4. The van der Waals surface area contributed by atoms with Crippen molar-refractivity contribution in [2.24, 2.45) is 0 Å². The molecule has 0 aromatic carbocycles. The molecule has 1 rings (SSSR count). The van der Waals surface area contributed by atoms with Crippen molar-refractivity contribution in [2.75, 3.05) is 19.8 Å². The van der Waals surface area contributed by atoms with Crippen LogP contribution in [0.5, 0.6) is 0 Å². The molecule has 7 atom stereocenters. The Morgan fingerprint density at radius 3 is 1.47 bits per heavy atom.